The van der Waals surface area contributed by atoms with E-state index in [1.807, 2.05) is 32.9 Å². The third kappa shape index (κ3) is 25.6. The van der Waals surface area contributed by atoms with Gasteiger partial charge >= 0.3 is 0 Å². The van der Waals surface area contributed by atoms with Gasteiger partial charge in [-0.25, -0.2) is 8.42 Å². The first-order valence-electron chi connectivity index (χ1n) is 28.1. The maximum absolute atomic E-state index is 14.3. The Morgan fingerprint density at radius 3 is 1.12 bits per heavy atom. The first kappa shape index (κ1) is 66.1. The Bertz CT molecular complexity index is 2480. The van der Waals surface area contributed by atoms with Crippen LogP contribution in [0.25, 0.3) is 0 Å². The number of methoxy groups -OCH3 is 3. The van der Waals surface area contributed by atoms with Gasteiger partial charge in [0.2, 0.25) is 11.5 Å². The van der Waals surface area contributed by atoms with Crippen LogP contribution in [0.3, 0.4) is 0 Å². The fraction of sp³-hybridized carbons (Fsp3) is 0.529. The van der Waals surface area contributed by atoms with Crippen molar-refractivity contribution in [2.24, 2.45) is 0 Å². The molecule has 2 aromatic carbocycles. The number of rotatable bonds is 36. The summed E-state index contributed by atoms with van der Waals surface area (Å²) in [6.07, 6.45) is 41.7. The SMILES string of the molecule is CCOc1c(C)c(C/C=C(\C)C(C/C=C(\C)CC/C=C(\C)CC/C=C(\C)CC/C=C(\C)CC/C=C(\C)CC/C=C(\C)CC/C=C(\C)CC/C=C(\C)CCC=C(C)C)S(=O)(=O)c2ccccc2)c(OC)c(OC)c1OC. The molecule has 0 N–H and O–H groups in total. The van der Waals surface area contributed by atoms with Crippen molar-refractivity contribution in [3.05, 3.63) is 158 Å². The minimum Gasteiger partial charge on any atom is -0.492 e. The van der Waals surface area contributed by atoms with Crippen LogP contribution in [0, 0.1) is 6.92 Å². The third-order valence-electron chi connectivity index (χ3n) is 14.2. The van der Waals surface area contributed by atoms with Crippen molar-refractivity contribution in [3.63, 3.8) is 0 Å². The molecule has 0 aromatic heterocycles. The van der Waals surface area contributed by atoms with Crippen molar-refractivity contribution >= 4 is 9.84 Å². The van der Waals surface area contributed by atoms with Crippen molar-refractivity contribution in [2.75, 3.05) is 27.9 Å². The van der Waals surface area contributed by atoms with Gasteiger partial charge in [0.15, 0.2) is 21.3 Å². The van der Waals surface area contributed by atoms with Crippen molar-refractivity contribution in [2.45, 2.75) is 216 Å². The first-order chi connectivity index (χ1) is 35.8. The van der Waals surface area contributed by atoms with Gasteiger partial charge in [-0.05, 0) is 218 Å². The molecule has 0 aliphatic carbocycles. The number of hydrogen-bond donors (Lipinski definition) is 0. The summed E-state index contributed by atoms with van der Waals surface area (Å²) in [5, 5.41) is -0.734. The minimum atomic E-state index is -3.69. The maximum Gasteiger partial charge on any atom is 0.207 e. The zero-order valence-corrected chi connectivity index (χ0v) is 50.8. The predicted octanol–water partition coefficient (Wildman–Crippen LogP) is 19.9. The second-order valence-corrected chi connectivity index (χ2v) is 23.3. The van der Waals surface area contributed by atoms with Gasteiger partial charge in [-0.15, -0.1) is 0 Å². The van der Waals surface area contributed by atoms with Gasteiger partial charge < -0.3 is 18.9 Å². The average molecular weight is 1050 g/mol. The topological polar surface area (TPSA) is 71.1 Å². The monoisotopic (exact) mass is 1050 g/mol. The molecule has 0 fully saturated rings. The van der Waals surface area contributed by atoms with Gasteiger partial charge in [-0.1, -0.05) is 135 Å². The highest BCUT2D eigenvalue weighted by Crippen LogP contribution is 2.50. The summed E-state index contributed by atoms with van der Waals surface area (Å²) in [7, 11) is 1.06. The van der Waals surface area contributed by atoms with E-state index < -0.39 is 15.1 Å². The summed E-state index contributed by atoms with van der Waals surface area (Å²) in [5.74, 6) is 2.05. The minimum absolute atomic E-state index is 0.320. The van der Waals surface area contributed by atoms with Gasteiger partial charge in [0.05, 0.1) is 38.1 Å². The zero-order valence-electron chi connectivity index (χ0n) is 50.0. The standard InChI is InChI=1S/C68H102O6S/c1-17-74-65-61(13)63(66(71-14)68(73-16)67(65)72-15)49-48-60(12)64(75(69,70)62-45-19-18-20-46-62)50-47-59(11)44-28-43-58(10)42-27-41-57(9)40-26-39-56(8)38-25-37-55(7)36-24-35-54(6)34-23-33-53(5)32-22-31-52(4)30-21-29-51(2)3/h18-20,29,31,33,35,37,39,41,43,45-48,64H,17,21-28,30,32,34,36,38,40,42,44,49-50H2,1-16H3/b52-31+,53-33+,54-35+,55-37+,56-39+,57-41+,58-43+,59-47+,60-48+. The lowest BCUT2D eigenvalue weighted by Gasteiger charge is -2.22. The van der Waals surface area contributed by atoms with Crippen LogP contribution in [0.1, 0.15) is 203 Å². The molecule has 0 spiro atoms. The van der Waals surface area contributed by atoms with Crippen LogP contribution < -0.4 is 18.9 Å². The summed E-state index contributed by atoms with van der Waals surface area (Å²) in [6.45, 7) is 28.6. The average Bonchev–Trinajstić information content (AvgIpc) is 3.36. The van der Waals surface area contributed by atoms with Crippen LogP contribution >= 0.6 is 0 Å². The van der Waals surface area contributed by atoms with Crippen LogP contribution in [-0.2, 0) is 16.3 Å². The van der Waals surface area contributed by atoms with Crippen LogP contribution in [0.4, 0.5) is 0 Å². The fourth-order valence-corrected chi connectivity index (χ4v) is 11.0. The van der Waals surface area contributed by atoms with E-state index in [2.05, 4.69) is 124 Å². The number of sulfone groups is 1. The Morgan fingerprint density at radius 1 is 0.453 bits per heavy atom. The third-order valence-corrected chi connectivity index (χ3v) is 16.4. The summed E-state index contributed by atoms with van der Waals surface area (Å²) >= 11 is 0. The summed E-state index contributed by atoms with van der Waals surface area (Å²) < 4.78 is 51.8. The van der Waals surface area contributed by atoms with Gasteiger partial charge in [0.25, 0.3) is 0 Å². The van der Waals surface area contributed by atoms with E-state index in [-0.39, 0.29) is 0 Å². The summed E-state index contributed by atoms with van der Waals surface area (Å²) in [5.41, 5.74) is 15.4. The Morgan fingerprint density at radius 2 is 0.787 bits per heavy atom. The number of hydrogen-bond acceptors (Lipinski definition) is 6. The second kappa shape index (κ2) is 36.9. The second-order valence-electron chi connectivity index (χ2n) is 21.2. The molecule has 0 saturated heterocycles. The molecule has 0 heterocycles. The molecule has 7 heteroatoms. The first-order valence-corrected chi connectivity index (χ1v) is 29.6. The van der Waals surface area contributed by atoms with Gasteiger partial charge in [0.1, 0.15) is 0 Å². The number of benzene rings is 2. The van der Waals surface area contributed by atoms with E-state index in [4.69, 9.17) is 18.9 Å². The molecule has 0 aliphatic heterocycles. The van der Waals surface area contributed by atoms with Gasteiger partial charge in [-0.3, -0.25) is 0 Å². The van der Waals surface area contributed by atoms with E-state index in [9.17, 15) is 8.42 Å². The lowest BCUT2D eigenvalue weighted by Crippen LogP contribution is -2.22. The van der Waals surface area contributed by atoms with Crippen LogP contribution in [0.2, 0.25) is 0 Å². The molecule has 1 unspecified atom stereocenters. The molecule has 0 radical (unpaired) electrons. The van der Waals surface area contributed by atoms with Crippen molar-refractivity contribution < 1.29 is 27.4 Å². The smallest absolute Gasteiger partial charge is 0.207 e. The maximum atomic E-state index is 14.3. The largest absolute Gasteiger partial charge is 0.492 e. The normalized spacial score (nSPS) is 14.3. The van der Waals surface area contributed by atoms with E-state index in [0.29, 0.717) is 47.3 Å². The summed E-state index contributed by atoms with van der Waals surface area (Å²) in [6, 6.07) is 8.77. The fourth-order valence-electron chi connectivity index (χ4n) is 9.23. The van der Waals surface area contributed by atoms with Crippen LogP contribution in [0.15, 0.2) is 152 Å². The van der Waals surface area contributed by atoms with Crippen molar-refractivity contribution in [1.29, 1.82) is 0 Å². The Balaban J connectivity index is 1.87. The van der Waals surface area contributed by atoms with Crippen LogP contribution in [-0.4, -0.2) is 41.6 Å². The van der Waals surface area contributed by atoms with Gasteiger partial charge in [-0.2, -0.15) is 0 Å². The Labute approximate surface area is 459 Å². The van der Waals surface area contributed by atoms with Crippen LogP contribution in [0.5, 0.6) is 23.0 Å². The molecular formula is C68H102O6S. The molecule has 2 rings (SSSR count). The van der Waals surface area contributed by atoms with Crippen molar-refractivity contribution in [3.8, 4) is 23.0 Å². The number of allylic oxidation sites excluding steroid dienone is 19. The van der Waals surface area contributed by atoms with Gasteiger partial charge in [0, 0.05) is 11.1 Å². The van der Waals surface area contributed by atoms with Crippen molar-refractivity contribution in [1.82, 2.24) is 0 Å². The lowest BCUT2D eigenvalue weighted by atomic mass is 9.99. The molecule has 6 nitrogen and oxygen atoms in total. The molecule has 75 heavy (non-hydrogen) atoms. The Kier molecular flexibility index (Phi) is 32.5. The Hall–Kier alpha value is -5.01. The highest BCUT2D eigenvalue weighted by molar-refractivity contribution is 7.92. The zero-order chi connectivity index (χ0) is 55.8. The molecule has 2 aromatic rings. The highest BCUT2D eigenvalue weighted by atomic mass is 32.2. The molecule has 1 atom stereocenters. The molecular weight excluding hydrogens is 945 g/mol. The molecule has 0 aliphatic rings. The number of ether oxygens (including phenoxy) is 4. The van der Waals surface area contributed by atoms with E-state index in [0.717, 1.165) is 107 Å². The molecule has 416 valence electrons. The molecule has 0 amide bonds. The van der Waals surface area contributed by atoms with E-state index >= 15 is 0 Å². The predicted molar refractivity (Wildman–Crippen MR) is 325 cm³/mol. The molecule has 0 saturated carbocycles. The highest BCUT2D eigenvalue weighted by Gasteiger charge is 2.29. The lowest BCUT2D eigenvalue weighted by molar-refractivity contribution is 0.284. The van der Waals surface area contributed by atoms with E-state index in [1.54, 1.807) is 45.6 Å². The molecule has 0 bridgehead atoms. The summed E-state index contributed by atoms with van der Waals surface area (Å²) in [4.78, 5) is 0.320. The quantitative estimate of drug-likeness (QED) is 0.0633. The van der Waals surface area contributed by atoms with E-state index in [1.165, 1.54) is 63.0 Å².